The van der Waals surface area contributed by atoms with Crippen LogP contribution < -0.4 is 10.6 Å². The number of nitrogen functional groups attached to an aromatic ring is 1. The average Bonchev–Trinajstić information content (AvgIpc) is 2.30. The van der Waals surface area contributed by atoms with Crippen LogP contribution in [0.5, 0.6) is 0 Å². The molecule has 0 spiro atoms. The standard InChI is InChI=1S/C14H22N2O.ClH/c1-11(2)17-10-9-16-8-4-5-12-13(15)6-3-7-14(12)16;/h3,6-7,11H,4-5,8-10,15H2,1-2H3;1H. The second-order valence-electron chi connectivity index (χ2n) is 4.86. The first kappa shape index (κ1) is 15.1. The Bertz CT molecular complexity index is 382. The largest absolute Gasteiger partial charge is 0.398 e. The van der Waals surface area contributed by atoms with Crippen molar-refractivity contribution in [1.29, 1.82) is 0 Å². The molecule has 1 aliphatic rings. The fourth-order valence-corrected chi connectivity index (χ4v) is 2.36. The van der Waals surface area contributed by atoms with Gasteiger partial charge in [-0.2, -0.15) is 0 Å². The molecular weight excluding hydrogens is 248 g/mol. The van der Waals surface area contributed by atoms with Gasteiger partial charge in [0.2, 0.25) is 0 Å². The summed E-state index contributed by atoms with van der Waals surface area (Å²) in [6, 6.07) is 6.20. The second-order valence-corrected chi connectivity index (χ2v) is 4.86. The summed E-state index contributed by atoms with van der Waals surface area (Å²) in [5, 5.41) is 0. The minimum absolute atomic E-state index is 0. The van der Waals surface area contributed by atoms with Crippen molar-refractivity contribution in [3.63, 3.8) is 0 Å². The van der Waals surface area contributed by atoms with E-state index in [0.717, 1.165) is 31.8 Å². The molecule has 18 heavy (non-hydrogen) atoms. The van der Waals surface area contributed by atoms with E-state index in [2.05, 4.69) is 24.8 Å². The van der Waals surface area contributed by atoms with Gasteiger partial charge in [-0.25, -0.2) is 0 Å². The third kappa shape index (κ3) is 3.53. The van der Waals surface area contributed by atoms with Crippen LogP contribution in [0.2, 0.25) is 0 Å². The summed E-state index contributed by atoms with van der Waals surface area (Å²) < 4.78 is 5.62. The number of halogens is 1. The molecule has 0 aliphatic carbocycles. The molecular formula is C14H23ClN2O. The van der Waals surface area contributed by atoms with Crippen molar-refractivity contribution in [2.45, 2.75) is 32.8 Å². The first-order valence-corrected chi connectivity index (χ1v) is 6.42. The van der Waals surface area contributed by atoms with Gasteiger partial charge in [-0.1, -0.05) is 6.07 Å². The maximum Gasteiger partial charge on any atom is 0.0645 e. The third-order valence-corrected chi connectivity index (χ3v) is 3.20. The molecule has 2 rings (SSSR count). The summed E-state index contributed by atoms with van der Waals surface area (Å²) >= 11 is 0. The Labute approximate surface area is 116 Å². The minimum atomic E-state index is 0. The predicted molar refractivity (Wildman–Crippen MR) is 79.7 cm³/mol. The molecule has 102 valence electrons. The number of anilines is 2. The topological polar surface area (TPSA) is 38.5 Å². The van der Waals surface area contributed by atoms with E-state index in [9.17, 15) is 0 Å². The Hall–Kier alpha value is -0.930. The highest BCUT2D eigenvalue weighted by Gasteiger charge is 2.17. The lowest BCUT2D eigenvalue weighted by molar-refractivity contribution is 0.0839. The molecule has 0 bridgehead atoms. The minimum Gasteiger partial charge on any atom is -0.398 e. The molecule has 1 aliphatic heterocycles. The summed E-state index contributed by atoms with van der Waals surface area (Å²) in [7, 11) is 0. The van der Waals surface area contributed by atoms with Crippen LogP contribution in [0.1, 0.15) is 25.8 Å². The number of nitrogens with two attached hydrogens (primary N) is 1. The van der Waals surface area contributed by atoms with Crippen LogP contribution in [0.4, 0.5) is 11.4 Å². The van der Waals surface area contributed by atoms with E-state index < -0.39 is 0 Å². The maximum atomic E-state index is 6.02. The van der Waals surface area contributed by atoms with Crippen molar-refractivity contribution in [3.05, 3.63) is 23.8 Å². The van der Waals surface area contributed by atoms with Gasteiger partial charge in [0.25, 0.3) is 0 Å². The monoisotopic (exact) mass is 270 g/mol. The number of hydrogen-bond acceptors (Lipinski definition) is 3. The Kier molecular flexibility index (Phi) is 5.76. The van der Waals surface area contributed by atoms with E-state index in [1.54, 1.807) is 0 Å². The third-order valence-electron chi connectivity index (χ3n) is 3.20. The van der Waals surface area contributed by atoms with Gasteiger partial charge >= 0.3 is 0 Å². The Morgan fingerprint density at radius 2 is 2.17 bits per heavy atom. The number of benzene rings is 1. The van der Waals surface area contributed by atoms with Gasteiger partial charge in [-0.15, -0.1) is 12.4 Å². The van der Waals surface area contributed by atoms with Crippen molar-refractivity contribution >= 4 is 23.8 Å². The molecule has 0 saturated carbocycles. The van der Waals surface area contributed by atoms with Crippen molar-refractivity contribution in [2.24, 2.45) is 0 Å². The highest BCUT2D eigenvalue weighted by atomic mass is 35.5. The zero-order valence-corrected chi connectivity index (χ0v) is 12.0. The quantitative estimate of drug-likeness (QED) is 0.855. The molecule has 0 atom stereocenters. The molecule has 0 amide bonds. The van der Waals surface area contributed by atoms with Crippen molar-refractivity contribution in [3.8, 4) is 0 Å². The Balaban J connectivity index is 0.00000162. The highest BCUT2D eigenvalue weighted by Crippen LogP contribution is 2.30. The molecule has 1 aromatic carbocycles. The fourth-order valence-electron chi connectivity index (χ4n) is 2.36. The van der Waals surface area contributed by atoms with Crippen LogP contribution in [0.3, 0.4) is 0 Å². The molecule has 2 N–H and O–H groups in total. The van der Waals surface area contributed by atoms with Crippen LogP contribution in [-0.2, 0) is 11.2 Å². The van der Waals surface area contributed by atoms with Crippen LogP contribution >= 0.6 is 12.4 Å². The molecule has 1 aromatic rings. The summed E-state index contributed by atoms with van der Waals surface area (Å²) in [6.07, 6.45) is 2.59. The summed E-state index contributed by atoms with van der Waals surface area (Å²) in [5.41, 5.74) is 9.55. The zero-order valence-electron chi connectivity index (χ0n) is 11.2. The number of fused-ring (bicyclic) bond motifs is 1. The predicted octanol–water partition coefficient (Wildman–Crippen LogP) is 2.87. The van der Waals surface area contributed by atoms with E-state index >= 15 is 0 Å². The normalized spacial score (nSPS) is 14.3. The molecule has 0 radical (unpaired) electrons. The molecule has 4 heteroatoms. The van der Waals surface area contributed by atoms with Crippen molar-refractivity contribution in [1.82, 2.24) is 0 Å². The van der Waals surface area contributed by atoms with E-state index in [1.807, 2.05) is 12.1 Å². The van der Waals surface area contributed by atoms with E-state index in [1.165, 1.54) is 17.7 Å². The smallest absolute Gasteiger partial charge is 0.0645 e. The van der Waals surface area contributed by atoms with Crippen LogP contribution in [0.25, 0.3) is 0 Å². The summed E-state index contributed by atoms with van der Waals surface area (Å²) in [5.74, 6) is 0. The number of hydrogen-bond donors (Lipinski definition) is 1. The fraction of sp³-hybridized carbons (Fsp3) is 0.571. The van der Waals surface area contributed by atoms with Gasteiger partial charge in [-0.05, 0) is 44.4 Å². The van der Waals surface area contributed by atoms with Gasteiger partial charge in [0.15, 0.2) is 0 Å². The van der Waals surface area contributed by atoms with Gasteiger partial charge < -0.3 is 15.4 Å². The van der Waals surface area contributed by atoms with Crippen LogP contribution in [-0.4, -0.2) is 25.8 Å². The average molecular weight is 271 g/mol. The molecule has 1 heterocycles. The van der Waals surface area contributed by atoms with Gasteiger partial charge in [-0.3, -0.25) is 0 Å². The van der Waals surface area contributed by atoms with E-state index in [0.29, 0.717) is 6.10 Å². The van der Waals surface area contributed by atoms with Gasteiger partial charge in [0.1, 0.15) is 0 Å². The maximum absolute atomic E-state index is 6.02. The van der Waals surface area contributed by atoms with Crippen LogP contribution in [0.15, 0.2) is 18.2 Å². The lowest BCUT2D eigenvalue weighted by Gasteiger charge is -2.32. The number of nitrogens with zero attached hydrogens (tertiary/aromatic N) is 1. The van der Waals surface area contributed by atoms with Crippen LogP contribution in [0, 0.1) is 0 Å². The Morgan fingerprint density at radius 1 is 1.39 bits per heavy atom. The summed E-state index contributed by atoms with van der Waals surface area (Å²) in [4.78, 5) is 2.39. The van der Waals surface area contributed by atoms with Crippen molar-refractivity contribution in [2.75, 3.05) is 30.3 Å². The molecule has 3 nitrogen and oxygen atoms in total. The van der Waals surface area contributed by atoms with E-state index in [4.69, 9.17) is 10.5 Å². The van der Waals surface area contributed by atoms with Gasteiger partial charge in [0.05, 0.1) is 12.7 Å². The second kappa shape index (κ2) is 6.86. The van der Waals surface area contributed by atoms with Gasteiger partial charge in [0, 0.05) is 24.5 Å². The zero-order chi connectivity index (χ0) is 12.3. The first-order chi connectivity index (χ1) is 8.18. The molecule has 0 saturated heterocycles. The number of ether oxygens (including phenoxy) is 1. The SMILES string of the molecule is CC(C)OCCN1CCCc2c(N)cccc21.Cl. The van der Waals surface area contributed by atoms with E-state index in [-0.39, 0.29) is 12.4 Å². The number of rotatable bonds is 4. The molecule has 0 fully saturated rings. The molecule has 0 unspecified atom stereocenters. The lowest BCUT2D eigenvalue weighted by atomic mass is 10.00. The molecule has 0 aromatic heterocycles. The first-order valence-electron chi connectivity index (χ1n) is 6.42. The Morgan fingerprint density at radius 3 is 2.89 bits per heavy atom. The lowest BCUT2D eigenvalue weighted by Crippen LogP contribution is -2.33. The highest BCUT2D eigenvalue weighted by molar-refractivity contribution is 5.85. The summed E-state index contributed by atoms with van der Waals surface area (Å²) in [6.45, 7) is 6.99. The van der Waals surface area contributed by atoms with Crippen molar-refractivity contribution < 1.29 is 4.74 Å².